The Morgan fingerprint density at radius 3 is 2.87 bits per heavy atom. The molecule has 7 nitrogen and oxygen atoms in total. The minimum Gasteiger partial charge on any atom is -0.437 e. The number of rotatable bonds is 5. The number of aromatic amines is 1. The first-order valence-corrected chi connectivity index (χ1v) is 10.2. The van der Waals surface area contributed by atoms with Crippen LogP contribution in [0.1, 0.15) is 33.3 Å². The second-order valence-electron chi connectivity index (χ2n) is 7.60. The lowest BCUT2D eigenvalue weighted by molar-refractivity contribution is 0.0914. The van der Waals surface area contributed by atoms with Gasteiger partial charge < -0.3 is 14.7 Å². The van der Waals surface area contributed by atoms with Crippen LogP contribution in [0, 0.1) is 0 Å². The molecule has 1 aliphatic rings. The van der Waals surface area contributed by atoms with E-state index in [9.17, 15) is 4.79 Å². The first kappa shape index (κ1) is 18.6. The van der Waals surface area contributed by atoms with Gasteiger partial charge in [0.05, 0.1) is 5.69 Å². The van der Waals surface area contributed by atoms with Gasteiger partial charge in [0.2, 0.25) is 0 Å². The maximum absolute atomic E-state index is 12.4. The number of aromatic nitrogens is 3. The standard InChI is InChI=1S/C23H23N5O2/c29-22(26-14-16-3-8-24-9-4-16)23-27-20-6-11-28(12-7-21(20)30-23)15-17-1-2-19-18(13-17)5-10-25-19/h1-5,8-10,13,25H,6-7,11-12,14-15H2,(H,26,29). The first-order chi connectivity index (χ1) is 14.7. The second kappa shape index (κ2) is 8.12. The van der Waals surface area contributed by atoms with Crippen molar-refractivity contribution in [1.29, 1.82) is 0 Å². The number of hydrogen-bond donors (Lipinski definition) is 2. The number of oxazole rings is 1. The van der Waals surface area contributed by atoms with E-state index in [0.29, 0.717) is 6.54 Å². The highest BCUT2D eigenvalue weighted by atomic mass is 16.4. The van der Waals surface area contributed by atoms with Gasteiger partial charge in [-0.2, -0.15) is 0 Å². The third-order valence-electron chi connectivity index (χ3n) is 5.52. The second-order valence-corrected chi connectivity index (χ2v) is 7.60. The van der Waals surface area contributed by atoms with Crippen LogP contribution in [0.2, 0.25) is 0 Å². The van der Waals surface area contributed by atoms with Crippen molar-refractivity contribution in [1.82, 2.24) is 25.2 Å². The molecule has 7 heteroatoms. The molecule has 1 aliphatic heterocycles. The normalized spacial score (nSPS) is 14.4. The van der Waals surface area contributed by atoms with Crippen LogP contribution in [0.15, 0.2) is 59.4 Å². The van der Waals surface area contributed by atoms with E-state index in [1.807, 2.05) is 18.3 Å². The summed E-state index contributed by atoms with van der Waals surface area (Å²) in [5, 5.41) is 4.09. The van der Waals surface area contributed by atoms with Crippen molar-refractivity contribution < 1.29 is 9.21 Å². The number of H-pyrrole nitrogens is 1. The number of hydrogen-bond acceptors (Lipinski definition) is 5. The fourth-order valence-electron chi connectivity index (χ4n) is 3.88. The lowest BCUT2D eigenvalue weighted by atomic mass is 10.1. The zero-order chi connectivity index (χ0) is 20.3. The molecule has 4 heterocycles. The van der Waals surface area contributed by atoms with Crippen molar-refractivity contribution in [3.8, 4) is 0 Å². The van der Waals surface area contributed by atoms with E-state index in [1.54, 1.807) is 12.4 Å². The van der Waals surface area contributed by atoms with E-state index in [2.05, 4.69) is 49.4 Å². The zero-order valence-corrected chi connectivity index (χ0v) is 16.6. The molecular formula is C23H23N5O2. The average Bonchev–Trinajstić information content (AvgIpc) is 3.37. The molecule has 3 aromatic heterocycles. The van der Waals surface area contributed by atoms with Crippen LogP contribution in [0.4, 0.5) is 0 Å². The SMILES string of the molecule is O=C(NCc1ccncc1)c1nc2c(o1)CCN(Cc1ccc3[nH]ccc3c1)CC2. The summed E-state index contributed by atoms with van der Waals surface area (Å²) in [6.45, 7) is 3.09. The van der Waals surface area contributed by atoms with Crippen molar-refractivity contribution >= 4 is 16.8 Å². The number of carbonyl (C=O) groups excluding carboxylic acids is 1. The molecule has 4 aromatic rings. The Kier molecular flexibility index (Phi) is 5.03. The van der Waals surface area contributed by atoms with E-state index >= 15 is 0 Å². The maximum Gasteiger partial charge on any atom is 0.307 e. The van der Waals surface area contributed by atoms with E-state index < -0.39 is 0 Å². The number of benzene rings is 1. The fourth-order valence-corrected chi connectivity index (χ4v) is 3.88. The maximum atomic E-state index is 12.4. The van der Waals surface area contributed by atoms with Crippen molar-refractivity contribution in [3.05, 3.63) is 83.5 Å². The molecule has 0 unspecified atom stereocenters. The quantitative estimate of drug-likeness (QED) is 0.537. The van der Waals surface area contributed by atoms with Gasteiger partial charge in [-0.15, -0.1) is 0 Å². The van der Waals surface area contributed by atoms with Gasteiger partial charge in [0.1, 0.15) is 5.76 Å². The molecule has 0 aliphatic carbocycles. The molecule has 0 bridgehead atoms. The van der Waals surface area contributed by atoms with Crippen molar-refractivity contribution in [2.45, 2.75) is 25.9 Å². The van der Waals surface area contributed by atoms with Gasteiger partial charge in [-0.1, -0.05) is 6.07 Å². The van der Waals surface area contributed by atoms with Gasteiger partial charge in [0.25, 0.3) is 5.89 Å². The summed E-state index contributed by atoms with van der Waals surface area (Å²) in [6, 6.07) is 12.4. The predicted molar refractivity (Wildman–Crippen MR) is 113 cm³/mol. The molecule has 0 saturated heterocycles. The lowest BCUT2D eigenvalue weighted by Gasteiger charge is -2.19. The molecule has 0 saturated carbocycles. The van der Waals surface area contributed by atoms with E-state index in [4.69, 9.17) is 4.42 Å². The van der Waals surface area contributed by atoms with Crippen LogP contribution in [-0.2, 0) is 25.9 Å². The molecular weight excluding hydrogens is 378 g/mol. The number of fused-ring (bicyclic) bond motifs is 2. The molecule has 5 rings (SSSR count). The van der Waals surface area contributed by atoms with E-state index in [-0.39, 0.29) is 11.8 Å². The molecule has 30 heavy (non-hydrogen) atoms. The summed E-state index contributed by atoms with van der Waals surface area (Å²) in [7, 11) is 0. The van der Waals surface area contributed by atoms with Gasteiger partial charge >= 0.3 is 5.91 Å². The summed E-state index contributed by atoms with van der Waals surface area (Å²) in [4.78, 5) is 26.5. The van der Waals surface area contributed by atoms with Crippen LogP contribution < -0.4 is 5.32 Å². The number of amides is 1. The van der Waals surface area contributed by atoms with Crippen molar-refractivity contribution in [2.75, 3.05) is 13.1 Å². The van der Waals surface area contributed by atoms with Gasteiger partial charge in [-0.05, 0) is 46.8 Å². The number of pyridine rings is 1. The van der Waals surface area contributed by atoms with Gasteiger partial charge in [0, 0.05) is 63.1 Å². The average molecular weight is 401 g/mol. The number of nitrogens with one attached hydrogen (secondary N) is 2. The van der Waals surface area contributed by atoms with Crippen LogP contribution in [-0.4, -0.2) is 38.8 Å². The van der Waals surface area contributed by atoms with Crippen LogP contribution in [0.25, 0.3) is 10.9 Å². The molecule has 152 valence electrons. The molecule has 2 N–H and O–H groups in total. The van der Waals surface area contributed by atoms with Crippen molar-refractivity contribution in [3.63, 3.8) is 0 Å². The van der Waals surface area contributed by atoms with Crippen LogP contribution >= 0.6 is 0 Å². The molecule has 0 radical (unpaired) electrons. The van der Waals surface area contributed by atoms with E-state index in [1.165, 1.54) is 10.9 Å². The summed E-state index contributed by atoms with van der Waals surface area (Å²) in [6.07, 6.45) is 6.91. The largest absolute Gasteiger partial charge is 0.437 e. The highest BCUT2D eigenvalue weighted by Gasteiger charge is 2.22. The Labute approximate surface area is 174 Å². The van der Waals surface area contributed by atoms with Gasteiger partial charge in [0.15, 0.2) is 0 Å². The zero-order valence-electron chi connectivity index (χ0n) is 16.6. The Hall–Kier alpha value is -3.45. The Morgan fingerprint density at radius 2 is 1.97 bits per heavy atom. The van der Waals surface area contributed by atoms with Crippen LogP contribution in [0.5, 0.6) is 0 Å². The summed E-state index contributed by atoms with van der Waals surface area (Å²) >= 11 is 0. The number of nitrogens with zero attached hydrogens (tertiary/aromatic N) is 3. The fraction of sp³-hybridized carbons (Fsp3) is 0.261. The summed E-state index contributed by atoms with van der Waals surface area (Å²) in [5.74, 6) is 0.699. The lowest BCUT2D eigenvalue weighted by Crippen LogP contribution is -2.26. The highest BCUT2D eigenvalue weighted by Crippen LogP contribution is 2.20. The van der Waals surface area contributed by atoms with Crippen LogP contribution in [0.3, 0.4) is 0 Å². The molecule has 1 aromatic carbocycles. The number of carbonyl (C=O) groups is 1. The highest BCUT2D eigenvalue weighted by molar-refractivity contribution is 5.89. The molecule has 0 spiro atoms. The Balaban J connectivity index is 1.20. The monoisotopic (exact) mass is 401 g/mol. The van der Waals surface area contributed by atoms with Gasteiger partial charge in [-0.3, -0.25) is 14.7 Å². The Morgan fingerprint density at radius 1 is 1.10 bits per heavy atom. The predicted octanol–water partition coefficient (Wildman–Crippen LogP) is 3.08. The molecule has 1 amide bonds. The molecule has 0 atom stereocenters. The smallest absolute Gasteiger partial charge is 0.307 e. The summed E-state index contributed by atoms with van der Waals surface area (Å²) < 4.78 is 5.82. The van der Waals surface area contributed by atoms with E-state index in [0.717, 1.165) is 55.0 Å². The molecule has 0 fully saturated rings. The first-order valence-electron chi connectivity index (χ1n) is 10.2. The van der Waals surface area contributed by atoms with Gasteiger partial charge in [-0.25, -0.2) is 4.98 Å². The minimum absolute atomic E-state index is 0.153. The third-order valence-corrected chi connectivity index (χ3v) is 5.52. The summed E-state index contributed by atoms with van der Waals surface area (Å²) in [5.41, 5.74) is 4.34. The van der Waals surface area contributed by atoms with Crippen molar-refractivity contribution in [2.24, 2.45) is 0 Å². The Bertz CT molecular complexity index is 1140. The third kappa shape index (κ3) is 3.97. The topological polar surface area (TPSA) is 87.1 Å². The minimum atomic E-state index is -0.281.